The number of carbonyl (C=O) groups is 1. The first-order chi connectivity index (χ1) is 10.9. The molecule has 130 valence electrons. The zero-order chi connectivity index (χ0) is 17.1. The Kier molecular flexibility index (Phi) is 8.87. The molecule has 0 aliphatic rings. The van der Waals surface area contributed by atoms with Crippen LogP contribution in [0.4, 0.5) is 0 Å². The first kappa shape index (κ1) is 19.6. The SMILES string of the molecule is Cc1ccc(S(=O)(=O)OCCCCCCCCCC(=O)O)cc1. The van der Waals surface area contributed by atoms with Crippen molar-refractivity contribution in [3.63, 3.8) is 0 Å². The van der Waals surface area contributed by atoms with Gasteiger partial charge in [0.2, 0.25) is 0 Å². The minimum absolute atomic E-state index is 0.196. The fourth-order valence-electron chi connectivity index (χ4n) is 2.20. The Bertz CT molecular complexity index is 563. The zero-order valence-corrected chi connectivity index (χ0v) is 14.5. The van der Waals surface area contributed by atoms with Crippen molar-refractivity contribution in [2.24, 2.45) is 0 Å². The highest BCUT2D eigenvalue weighted by molar-refractivity contribution is 7.86. The van der Waals surface area contributed by atoms with Crippen molar-refractivity contribution < 1.29 is 22.5 Å². The van der Waals surface area contributed by atoms with E-state index < -0.39 is 16.1 Å². The van der Waals surface area contributed by atoms with Crippen molar-refractivity contribution in [1.29, 1.82) is 0 Å². The van der Waals surface area contributed by atoms with Crippen molar-refractivity contribution in [3.05, 3.63) is 29.8 Å². The molecule has 0 aliphatic heterocycles. The smallest absolute Gasteiger partial charge is 0.303 e. The first-order valence-electron chi connectivity index (χ1n) is 8.10. The lowest BCUT2D eigenvalue weighted by molar-refractivity contribution is -0.137. The quantitative estimate of drug-likeness (QED) is 0.460. The highest BCUT2D eigenvalue weighted by Gasteiger charge is 2.14. The molecule has 0 aromatic heterocycles. The van der Waals surface area contributed by atoms with Crippen LogP contribution < -0.4 is 0 Å². The second-order valence-electron chi connectivity index (χ2n) is 5.71. The number of benzene rings is 1. The Morgan fingerprint density at radius 1 is 0.957 bits per heavy atom. The number of aryl methyl sites for hydroxylation is 1. The molecule has 0 unspecified atom stereocenters. The lowest BCUT2D eigenvalue weighted by atomic mass is 10.1. The fraction of sp³-hybridized carbons (Fsp3) is 0.588. The molecule has 1 N–H and O–H groups in total. The molecule has 1 aromatic rings. The summed E-state index contributed by atoms with van der Waals surface area (Å²) in [5.41, 5.74) is 1.01. The van der Waals surface area contributed by atoms with Gasteiger partial charge in [0.15, 0.2) is 0 Å². The van der Waals surface area contributed by atoms with Gasteiger partial charge in [-0.2, -0.15) is 8.42 Å². The lowest BCUT2D eigenvalue weighted by Gasteiger charge is -2.06. The van der Waals surface area contributed by atoms with Crippen LogP contribution in [0.3, 0.4) is 0 Å². The maximum atomic E-state index is 11.9. The van der Waals surface area contributed by atoms with Crippen LogP contribution in [-0.2, 0) is 19.1 Å². The molecule has 1 aromatic carbocycles. The second kappa shape index (κ2) is 10.4. The van der Waals surface area contributed by atoms with E-state index in [1.165, 1.54) is 0 Å². The summed E-state index contributed by atoms with van der Waals surface area (Å²) in [6.45, 7) is 2.11. The summed E-state index contributed by atoms with van der Waals surface area (Å²) < 4.78 is 28.9. The van der Waals surface area contributed by atoms with Crippen molar-refractivity contribution in [2.45, 2.75) is 63.2 Å². The molecule has 0 amide bonds. The van der Waals surface area contributed by atoms with E-state index in [9.17, 15) is 13.2 Å². The van der Waals surface area contributed by atoms with Gasteiger partial charge in [0.1, 0.15) is 0 Å². The van der Waals surface area contributed by atoms with Gasteiger partial charge < -0.3 is 5.11 Å². The zero-order valence-electron chi connectivity index (χ0n) is 13.7. The average molecular weight is 342 g/mol. The van der Waals surface area contributed by atoms with Gasteiger partial charge in [-0.1, -0.05) is 49.8 Å². The van der Waals surface area contributed by atoms with Gasteiger partial charge in [-0.3, -0.25) is 8.98 Å². The third-order valence-electron chi connectivity index (χ3n) is 3.58. The highest BCUT2D eigenvalue weighted by Crippen LogP contribution is 2.14. The molecule has 23 heavy (non-hydrogen) atoms. The number of hydrogen-bond acceptors (Lipinski definition) is 4. The molecule has 0 saturated heterocycles. The Labute approximate surface area is 138 Å². The predicted octanol–water partition coefficient (Wildman–Crippen LogP) is 3.91. The van der Waals surface area contributed by atoms with E-state index in [-0.39, 0.29) is 17.9 Å². The predicted molar refractivity (Wildman–Crippen MR) is 88.9 cm³/mol. The topological polar surface area (TPSA) is 80.7 Å². The van der Waals surface area contributed by atoms with Crippen LogP contribution in [0.15, 0.2) is 29.2 Å². The van der Waals surface area contributed by atoms with Gasteiger partial charge in [0, 0.05) is 6.42 Å². The van der Waals surface area contributed by atoms with E-state index in [0.717, 1.165) is 44.1 Å². The number of aliphatic carboxylic acids is 1. The van der Waals surface area contributed by atoms with Crippen LogP contribution in [0, 0.1) is 6.92 Å². The van der Waals surface area contributed by atoms with E-state index in [0.29, 0.717) is 6.42 Å². The van der Waals surface area contributed by atoms with Crippen LogP contribution in [0.5, 0.6) is 0 Å². The molecule has 0 atom stereocenters. The van der Waals surface area contributed by atoms with E-state index in [4.69, 9.17) is 9.29 Å². The summed E-state index contributed by atoms with van der Waals surface area (Å²) >= 11 is 0. The van der Waals surface area contributed by atoms with Gasteiger partial charge in [-0.15, -0.1) is 0 Å². The first-order valence-corrected chi connectivity index (χ1v) is 9.50. The second-order valence-corrected chi connectivity index (χ2v) is 7.32. The van der Waals surface area contributed by atoms with E-state index in [2.05, 4.69) is 0 Å². The van der Waals surface area contributed by atoms with Crippen LogP contribution >= 0.6 is 0 Å². The molecule has 5 nitrogen and oxygen atoms in total. The summed E-state index contributed by atoms with van der Waals surface area (Å²) in [7, 11) is -3.65. The average Bonchev–Trinajstić information content (AvgIpc) is 2.49. The number of rotatable bonds is 12. The molecule has 0 saturated carbocycles. The molecule has 0 aliphatic carbocycles. The summed E-state index contributed by atoms with van der Waals surface area (Å²) in [4.78, 5) is 10.5. The molecule has 0 radical (unpaired) electrons. The third kappa shape index (κ3) is 8.71. The van der Waals surface area contributed by atoms with Crippen molar-refractivity contribution in [3.8, 4) is 0 Å². The van der Waals surface area contributed by atoms with Crippen LogP contribution in [0.2, 0.25) is 0 Å². The van der Waals surface area contributed by atoms with Crippen LogP contribution in [0.25, 0.3) is 0 Å². The molecule has 6 heteroatoms. The van der Waals surface area contributed by atoms with Crippen LogP contribution in [0.1, 0.15) is 56.9 Å². The molecule has 1 rings (SSSR count). The Balaban J connectivity index is 2.08. The summed E-state index contributed by atoms with van der Waals surface area (Å²) in [5.74, 6) is -0.739. The lowest BCUT2D eigenvalue weighted by Crippen LogP contribution is -2.07. The highest BCUT2D eigenvalue weighted by atomic mass is 32.2. The summed E-state index contributed by atoms with van der Waals surface area (Å²) in [6.07, 6.45) is 6.62. The summed E-state index contributed by atoms with van der Waals surface area (Å²) in [5, 5.41) is 8.51. The molecular formula is C17H26O5S. The number of unbranched alkanes of at least 4 members (excludes halogenated alkanes) is 6. The maximum Gasteiger partial charge on any atom is 0.303 e. The molecule has 0 fully saturated rings. The van der Waals surface area contributed by atoms with E-state index >= 15 is 0 Å². The van der Waals surface area contributed by atoms with Crippen LogP contribution in [-0.4, -0.2) is 26.1 Å². The fourth-order valence-corrected chi connectivity index (χ4v) is 3.15. The van der Waals surface area contributed by atoms with Gasteiger partial charge in [0.25, 0.3) is 10.1 Å². The minimum Gasteiger partial charge on any atom is -0.481 e. The molecular weight excluding hydrogens is 316 g/mol. The largest absolute Gasteiger partial charge is 0.481 e. The summed E-state index contributed by atoms with van der Waals surface area (Å²) in [6, 6.07) is 6.62. The van der Waals surface area contributed by atoms with Gasteiger partial charge in [0.05, 0.1) is 11.5 Å². The Morgan fingerprint density at radius 3 is 2.04 bits per heavy atom. The normalized spacial score (nSPS) is 11.5. The van der Waals surface area contributed by atoms with Crippen molar-refractivity contribution in [1.82, 2.24) is 0 Å². The Hall–Kier alpha value is -1.40. The molecule has 0 spiro atoms. The monoisotopic (exact) mass is 342 g/mol. The molecule has 0 bridgehead atoms. The van der Waals surface area contributed by atoms with Crippen molar-refractivity contribution >= 4 is 16.1 Å². The Morgan fingerprint density at radius 2 is 1.48 bits per heavy atom. The third-order valence-corrected chi connectivity index (χ3v) is 4.91. The minimum atomic E-state index is -3.65. The molecule has 0 heterocycles. The van der Waals surface area contributed by atoms with E-state index in [1.54, 1.807) is 24.3 Å². The number of hydrogen-bond donors (Lipinski definition) is 1. The number of carboxylic acid groups (broad SMARTS) is 1. The van der Waals surface area contributed by atoms with Crippen molar-refractivity contribution in [2.75, 3.05) is 6.61 Å². The maximum absolute atomic E-state index is 11.9. The van der Waals surface area contributed by atoms with Gasteiger partial charge >= 0.3 is 5.97 Å². The van der Waals surface area contributed by atoms with Gasteiger partial charge in [-0.05, 0) is 31.9 Å². The standard InChI is InChI=1S/C17H26O5S/c1-15-10-12-16(13-11-15)23(20,21)22-14-8-6-4-2-3-5-7-9-17(18)19/h10-13H,2-9,14H2,1H3,(H,18,19). The number of carboxylic acids is 1. The van der Waals surface area contributed by atoms with Gasteiger partial charge in [-0.25, -0.2) is 0 Å². The van der Waals surface area contributed by atoms with E-state index in [1.807, 2.05) is 6.92 Å².